The minimum atomic E-state index is -0.805. The lowest BCUT2D eigenvalue weighted by Gasteiger charge is -2.30. The van der Waals surface area contributed by atoms with Crippen LogP contribution in [0.4, 0.5) is 4.39 Å². The first kappa shape index (κ1) is 19.1. The maximum Gasteiger partial charge on any atom is 0.268 e. The molecule has 1 aliphatic heterocycles. The Kier molecular flexibility index (Phi) is 5.02. The SMILES string of the molecule is NC(=O)c1c2c(cn(-c3ccc(F)cc3)c1=O)CN(C(=O)Cc1ccsc1)CC2. The summed E-state index contributed by atoms with van der Waals surface area (Å²) in [5.74, 6) is -1.25. The first-order valence-electron chi connectivity index (χ1n) is 9.06. The van der Waals surface area contributed by atoms with Crippen molar-refractivity contribution in [2.24, 2.45) is 5.73 Å². The summed E-state index contributed by atoms with van der Waals surface area (Å²) in [5, 5.41) is 3.86. The third-order valence-corrected chi connectivity index (χ3v) is 5.77. The monoisotopic (exact) mass is 411 g/mol. The predicted octanol–water partition coefficient (Wildman–Crippen LogP) is 2.26. The highest BCUT2D eigenvalue weighted by atomic mass is 32.1. The van der Waals surface area contributed by atoms with E-state index in [2.05, 4.69) is 0 Å². The van der Waals surface area contributed by atoms with E-state index in [1.165, 1.54) is 40.2 Å². The summed E-state index contributed by atoms with van der Waals surface area (Å²) in [6, 6.07) is 7.30. The minimum Gasteiger partial charge on any atom is -0.365 e. The molecule has 0 spiro atoms. The van der Waals surface area contributed by atoms with Crippen molar-refractivity contribution in [2.45, 2.75) is 19.4 Å². The van der Waals surface area contributed by atoms with E-state index < -0.39 is 17.3 Å². The maximum absolute atomic E-state index is 13.3. The van der Waals surface area contributed by atoms with Gasteiger partial charge in [-0.05, 0) is 64.2 Å². The predicted molar refractivity (Wildman–Crippen MR) is 108 cm³/mol. The average molecular weight is 411 g/mol. The number of rotatable bonds is 4. The van der Waals surface area contributed by atoms with Gasteiger partial charge < -0.3 is 10.6 Å². The molecule has 0 saturated heterocycles. The van der Waals surface area contributed by atoms with Gasteiger partial charge in [0.2, 0.25) is 5.91 Å². The molecule has 2 amide bonds. The van der Waals surface area contributed by atoms with E-state index in [1.807, 2.05) is 16.8 Å². The molecule has 4 rings (SSSR count). The van der Waals surface area contributed by atoms with Crippen molar-refractivity contribution >= 4 is 23.2 Å². The molecule has 0 atom stereocenters. The summed E-state index contributed by atoms with van der Waals surface area (Å²) >= 11 is 1.54. The van der Waals surface area contributed by atoms with Crippen molar-refractivity contribution in [2.75, 3.05) is 6.54 Å². The zero-order valence-electron chi connectivity index (χ0n) is 15.4. The third kappa shape index (κ3) is 3.71. The Bertz CT molecular complexity index is 1140. The molecule has 148 valence electrons. The second-order valence-corrected chi connectivity index (χ2v) is 7.68. The molecule has 0 saturated carbocycles. The van der Waals surface area contributed by atoms with E-state index in [-0.39, 0.29) is 18.0 Å². The van der Waals surface area contributed by atoms with Gasteiger partial charge in [-0.3, -0.25) is 19.0 Å². The van der Waals surface area contributed by atoms with Crippen molar-refractivity contribution in [3.63, 3.8) is 0 Å². The van der Waals surface area contributed by atoms with Crippen LogP contribution >= 0.6 is 11.3 Å². The molecule has 29 heavy (non-hydrogen) atoms. The summed E-state index contributed by atoms with van der Waals surface area (Å²) in [4.78, 5) is 39.3. The fourth-order valence-electron chi connectivity index (χ4n) is 3.60. The molecule has 3 heterocycles. The summed E-state index contributed by atoms with van der Waals surface area (Å²) in [7, 11) is 0. The summed E-state index contributed by atoms with van der Waals surface area (Å²) in [5.41, 5.74) is 7.54. The maximum atomic E-state index is 13.3. The highest BCUT2D eigenvalue weighted by Crippen LogP contribution is 2.23. The Morgan fingerprint density at radius 1 is 1.17 bits per heavy atom. The zero-order chi connectivity index (χ0) is 20.5. The number of amides is 2. The van der Waals surface area contributed by atoms with Gasteiger partial charge in [0, 0.05) is 25.0 Å². The normalized spacial score (nSPS) is 13.2. The Morgan fingerprint density at radius 2 is 1.93 bits per heavy atom. The summed E-state index contributed by atoms with van der Waals surface area (Å²) in [6.45, 7) is 0.691. The van der Waals surface area contributed by atoms with Gasteiger partial charge in [-0.2, -0.15) is 11.3 Å². The van der Waals surface area contributed by atoms with Crippen LogP contribution < -0.4 is 11.3 Å². The van der Waals surface area contributed by atoms with Gasteiger partial charge in [0.25, 0.3) is 11.5 Å². The molecule has 1 aliphatic rings. The largest absolute Gasteiger partial charge is 0.365 e. The smallest absolute Gasteiger partial charge is 0.268 e. The van der Waals surface area contributed by atoms with Crippen molar-refractivity contribution in [1.29, 1.82) is 0 Å². The number of primary amides is 1. The minimum absolute atomic E-state index is 0.0193. The fraction of sp³-hybridized carbons (Fsp3) is 0.190. The van der Waals surface area contributed by atoms with Crippen molar-refractivity contribution in [1.82, 2.24) is 9.47 Å². The quantitative estimate of drug-likeness (QED) is 0.715. The highest BCUT2D eigenvalue weighted by Gasteiger charge is 2.27. The molecule has 0 radical (unpaired) electrons. The second kappa shape index (κ2) is 7.63. The van der Waals surface area contributed by atoms with E-state index in [4.69, 9.17) is 5.73 Å². The van der Waals surface area contributed by atoms with E-state index in [0.29, 0.717) is 36.2 Å². The van der Waals surface area contributed by atoms with Crippen LogP contribution in [0, 0.1) is 5.82 Å². The number of aromatic nitrogens is 1. The van der Waals surface area contributed by atoms with Gasteiger partial charge in [-0.25, -0.2) is 4.39 Å². The number of benzene rings is 1. The number of carbonyl (C=O) groups excluding carboxylic acids is 2. The van der Waals surface area contributed by atoms with Crippen LogP contribution in [0.5, 0.6) is 0 Å². The summed E-state index contributed by atoms with van der Waals surface area (Å²) in [6.07, 6.45) is 2.29. The van der Waals surface area contributed by atoms with Crippen molar-refractivity contribution in [3.8, 4) is 5.69 Å². The van der Waals surface area contributed by atoms with Crippen LogP contribution in [0.1, 0.15) is 27.0 Å². The van der Waals surface area contributed by atoms with Crippen LogP contribution in [0.25, 0.3) is 5.69 Å². The standard InChI is InChI=1S/C21H18FN3O3S/c22-15-1-3-16(4-2-15)25-11-14-10-24(18(26)9-13-6-8-29-12-13)7-5-17(14)19(20(23)27)21(25)28/h1-4,6,8,11-12H,5,7,9-10H2,(H2,23,27). The molecule has 0 bridgehead atoms. The first-order chi connectivity index (χ1) is 13.9. The number of pyridine rings is 1. The number of nitrogens with zero attached hydrogens (tertiary/aromatic N) is 2. The Labute approximate surface area is 170 Å². The zero-order valence-corrected chi connectivity index (χ0v) is 16.2. The lowest BCUT2D eigenvalue weighted by molar-refractivity contribution is -0.131. The number of thiophene rings is 1. The number of hydrogen-bond donors (Lipinski definition) is 1. The lowest BCUT2D eigenvalue weighted by Crippen LogP contribution is -2.40. The number of nitrogens with two attached hydrogens (primary N) is 1. The third-order valence-electron chi connectivity index (χ3n) is 5.04. The average Bonchev–Trinajstić information content (AvgIpc) is 3.20. The molecule has 3 aromatic rings. The fourth-order valence-corrected chi connectivity index (χ4v) is 4.26. The Hall–Kier alpha value is -3.26. The van der Waals surface area contributed by atoms with E-state index in [0.717, 1.165) is 5.56 Å². The second-order valence-electron chi connectivity index (χ2n) is 6.90. The topological polar surface area (TPSA) is 85.4 Å². The van der Waals surface area contributed by atoms with Gasteiger partial charge in [0.05, 0.1) is 6.42 Å². The Balaban J connectivity index is 1.72. The van der Waals surface area contributed by atoms with Crippen LogP contribution in [-0.4, -0.2) is 27.8 Å². The van der Waals surface area contributed by atoms with Gasteiger partial charge in [0.1, 0.15) is 11.4 Å². The molecule has 0 unspecified atom stereocenters. The molecular formula is C21H18FN3O3S. The Morgan fingerprint density at radius 3 is 2.59 bits per heavy atom. The highest BCUT2D eigenvalue weighted by molar-refractivity contribution is 7.08. The molecule has 2 aromatic heterocycles. The van der Waals surface area contributed by atoms with Gasteiger partial charge in [0.15, 0.2) is 0 Å². The lowest BCUT2D eigenvalue weighted by atomic mass is 9.95. The molecule has 1 aromatic carbocycles. The molecule has 6 nitrogen and oxygen atoms in total. The van der Waals surface area contributed by atoms with Crippen LogP contribution in [0.3, 0.4) is 0 Å². The van der Waals surface area contributed by atoms with E-state index in [1.54, 1.807) is 11.1 Å². The first-order valence-corrected chi connectivity index (χ1v) is 10.0. The number of hydrogen-bond acceptors (Lipinski definition) is 4. The van der Waals surface area contributed by atoms with Gasteiger partial charge in [-0.15, -0.1) is 0 Å². The number of fused-ring (bicyclic) bond motifs is 1. The van der Waals surface area contributed by atoms with Crippen LogP contribution in [-0.2, 0) is 24.2 Å². The summed E-state index contributed by atoms with van der Waals surface area (Å²) < 4.78 is 14.6. The van der Waals surface area contributed by atoms with Crippen molar-refractivity contribution in [3.05, 3.63) is 85.7 Å². The van der Waals surface area contributed by atoms with Crippen LogP contribution in [0.2, 0.25) is 0 Å². The van der Waals surface area contributed by atoms with E-state index >= 15 is 0 Å². The van der Waals surface area contributed by atoms with E-state index in [9.17, 15) is 18.8 Å². The molecule has 0 aliphatic carbocycles. The number of halogens is 1. The molecule has 2 N–H and O–H groups in total. The van der Waals surface area contributed by atoms with Gasteiger partial charge >= 0.3 is 0 Å². The van der Waals surface area contributed by atoms with Gasteiger partial charge in [-0.1, -0.05) is 0 Å². The van der Waals surface area contributed by atoms with Crippen LogP contribution in [0.15, 0.2) is 52.1 Å². The molecule has 8 heteroatoms. The number of carbonyl (C=O) groups is 2. The molecular weight excluding hydrogens is 393 g/mol. The van der Waals surface area contributed by atoms with Crippen molar-refractivity contribution < 1.29 is 14.0 Å². The molecule has 0 fully saturated rings.